The third kappa shape index (κ3) is 4.02. The molecule has 0 bridgehead atoms. The topological polar surface area (TPSA) is 92.2 Å². The molecule has 2 N–H and O–H groups in total. The van der Waals surface area contributed by atoms with Crippen molar-refractivity contribution in [3.63, 3.8) is 0 Å². The first-order valence-corrected chi connectivity index (χ1v) is 7.59. The van der Waals surface area contributed by atoms with Crippen LogP contribution in [0.1, 0.15) is 12.0 Å². The van der Waals surface area contributed by atoms with Crippen LogP contribution >= 0.6 is 0 Å². The molecule has 0 saturated carbocycles. The Kier molecular flexibility index (Phi) is 4.87. The van der Waals surface area contributed by atoms with Gasteiger partial charge in [-0.05, 0) is 12.1 Å². The van der Waals surface area contributed by atoms with Crippen LogP contribution in [0.15, 0.2) is 47.8 Å². The summed E-state index contributed by atoms with van der Waals surface area (Å²) in [4.78, 5) is 7.73. The SMILES string of the molecule is O=S(=O)(Nc1cnccn1)c1ccccc1C#CCCO. The molecule has 0 fully saturated rings. The van der Waals surface area contributed by atoms with Crippen LogP contribution in [-0.4, -0.2) is 30.1 Å². The van der Waals surface area contributed by atoms with Crippen molar-refractivity contribution >= 4 is 15.8 Å². The standard InChI is InChI=1S/C14H13N3O3S/c18-10-4-3-6-12-5-1-2-7-13(12)21(19,20)17-14-11-15-8-9-16-14/h1-2,5,7-9,11,18H,4,10H2,(H,16,17). The van der Waals surface area contributed by atoms with Gasteiger partial charge in [0.2, 0.25) is 0 Å². The Morgan fingerprint density at radius 2 is 2.05 bits per heavy atom. The van der Waals surface area contributed by atoms with Crippen LogP contribution < -0.4 is 4.72 Å². The molecule has 0 aliphatic carbocycles. The zero-order chi connectivity index (χ0) is 15.1. The number of benzene rings is 1. The number of rotatable bonds is 4. The van der Waals surface area contributed by atoms with Gasteiger partial charge in [0.15, 0.2) is 5.82 Å². The zero-order valence-electron chi connectivity index (χ0n) is 11.0. The molecule has 2 aromatic rings. The average molecular weight is 303 g/mol. The van der Waals surface area contributed by atoms with Gasteiger partial charge < -0.3 is 5.11 Å². The Bertz CT molecular complexity index is 765. The second kappa shape index (κ2) is 6.83. The number of hydrogen-bond acceptors (Lipinski definition) is 5. The first kappa shape index (κ1) is 15.0. The normalized spacial score (nSPS) is 10.5. The maximum Gasteiger partial charge on any atom is 0.264 e. The van der Waals surface area contributed by atoms with Gasteiger partial charge in [-0.3, -0.25) is 9.71 Å². The first-order chi connectivity index (χ1) is 10.1. The fraction of sp³-hybridized carbons (Fsp3) is 0.143. The molecular weight excluding hydrogens is 290 g/mol. The molecule has 2 rings (SSSR count). The molecule has 1 aromatic carbocycles. The van der Waals surface area contributed by atoms with Gasteiger partial charge in [-0.25, -0.2) is 13.4 Å². The molecule has 0 saturated heterocycles. The molecule has 1 aromatic heterocycles. The van der Waals surface area contributed by atoms with Crippen LogP contribution in [0.4, 0.5) is 5.82 Å². The number of hydrogen-bond donors (Lipinski definition) is 2. The molecule has 0 radical (unpaired) electrons. The van der Waals surface area contributed by atoms with E-state index in [-0.39, 0.29) is 23.7 Å². The quantitative estimate of drug-likeness (QED) is 0.822. The molecule has 0 unspecified atom stereocenters. The zero-order valence-corrected chi connectivity index (χ0v) is 11.8. The Balaban J connectivity index is 2.35. The number of aromatic nitrogens is 2. The minimum atomic E-state index is -3.80. The molecule has 0 aliphatic heterocycles. The minimum absolute atomic E-state index is 0.0566. The van der Waals surface area contributed by atoms with Crippen molar-refractivity contribution in [3.05, 3.63) is 48.4 Å². The summed E-state index contributed by atoms with van der Waals surface area (Å²) in [6.07, 6.45) is 4.44. The third-order valence-corrected chi connectivity index (χ3v) is 3.85. The van der Waals surface area contributed by atoms with Gasteiger partial charge >= 0.3 is 0 Å². The fourth-order valence-electron chi connectivity index (χ4n) is 1.56. The van der Waals surface area contributed by atoms with Gasteiger partial charge in [-0.1, -0.05) is 24.0 Å². The van der Waals surface area contributed by atoms with E-state index >= 15 is 0 Å². The highest BCUT2D eigenvalue weighted by Crippen LogP contribution is 2.17. The van der Waals surface area contributed by atoms with Gasteiger partial charge in [0.05, 0.1) is 12.8 Å². The molecule has 21 heavy (non-hydrogen) atoms. The van der Waals surface area contributed by atoms with Crippen molar-refractivity contribution in [2.75, 3.05) is 11.3 Å². The maximum atomic E-state index is 12.4. The van der Waals surface area contributed by atoms with E-state index in [1.54, 1.807) is 18.2 Å². The number of sulfonamides is 1. The van der Waals surface area contributed by atoms with Gasteiger partial charge in [0.1, 0.15) is 4.90 Å². The lowest BCUT2D eigenvalue weighted by atomic mass is 10.2. The van der Waals surface area contributed by atoms with Crippen LogP contribution in [0.3, 0.4) is 0 Å². The predicted octanol–water partition coefficient (Wildman–Crippen LogP) is 1.01. The number of anilines is 1. The molecule has 108 valence electrons. The van der Waals surface area contributed by atoms with E-state index in [0.29, 0.717) is 5.56 Å². The summed E-state index contributed by atoms with van der Waals surface area (Å²) in [5, 5.41) is 8.72. The molecular formula is C14H13N3O3S. The largest absolute Gasteiger partial charge is 0.395 e. The van der Waals surface area contributed by atoms with Gasteiger partial charge in [0.25, 0.3) is 10.0 Å². The van der Waals surface area contributed by atoms with Crippen molar-refractivity contribution in [1.82, 2.24) is 9.97 Å². The van der Waals surface area contributed by atoms with Crippen molar-refractivity contribution in [1.29, 1.82) is 0 Å². The lowest BCUT2D eigenvalue weighted by Crippen LogP contribution is -2.15. The Morgan fingerprint density at radius 3 is 2.76 bits per heavy atom. The summed E-state index contributed by atoms with van der Waals surface area (Å²) < 4.78 is 27.1. The predicted molar refractivity (Wildman–Crippen MR) is 77.9 cm³/mol. The molecule has 0 aliphatic rings. The number of aliphatic hydroxyl groups excluding tert-OH is 1. The highest BCUT2D eigenvalue weighted by molar-refractivity contribution is 7.92. The summed E-state index contributed by atoms with van der Waals surface area (Å²) >= 11 is 0. The van der Waals surface area contributed by atoms with E-state index in [4.69, 9.17) is 5.11 Å². The Hall–Kier alpha value is -2.43. The van der Waals surface area contributed by atoms with E-state index in [2.05, 4.69) is 26.5 Å². The van der Waals surface area contributed by atoms with E-state index in [9.17, 15) is 8.42 Å². The van der Waals surface area contributed by atoms with E-state index < -0.39 is 10.0 Å². The molecule has 7 heteroatoms. The average Bonchev–Trinajstić information content (AvgIpc) is 2.48. The number of nitrogens with zero attached hydrogens (tertiary/aromatic N) is 2. The van der Waals surface area contributed by atoms with Crippen LogP contribution in [0.5, 0.6) is 0 Å². The van der Waals surface area contributed by atoms with Crippen LogP contribution in [0.2, 0.25) is 0 Å². The van der Waals surface area contributed by atoms with Crippen LogP contribution in [-0.2, 0) is 10.0 Å². The minimum Gasteiger partial charge on any atom is -0.395 e. The van der Waals surface area contributed by atoms with Crippen molar-refractivity contribution in [2.24, 2.45) is 0 Å². The smallest absolute Gasteiger partial charge is 0.264 e. The van der Waals surface area contributed by atoms with Crippen molar-refractivity contribution in [2.45, 2.75) is 11.3 Å². The maximum absolute atomic E-state index is 12.4. The Morgan fingerprint density at radius 1 is 1.24 bits per heavy atom. The molecule has 0 atom stereocenters. The summed E-state index contributed by atoms with van der Waals surface area (Å²) in [7, 11) is -3.80. The second-order valence-electron chi connectivity index (χ2n) is 3.97. The third-order valence-electron chi connectivity index (χ3n) is 2.44. The lowest BCUT2D eigenvalue weighted by molar-refractivity contribution is 0.305. The van der Waals surface area contributed by atoms with E-state index in [1.165, 1.54) is 24.7 Å². The van der Waals surface area contributed by atoms with Crippen molar-refractivity contribution < 1.29 is 13.5 Å². The lowest BCUT2D eigenvalue weighted by Gasteiger charge is -2.08. The van der Waals surface area contributed by atoms with Gasteiger partial charge in [-0.2, -0.15) is 0 Å². The molecule has 0 amide bonds. The summed E-state index contributed by atoms with van der Waals surface area (Å²) in [5.74, 6) is 5.58. The van der Waals surface area contributed by atoms with E-state index in [0.717, 1.165) is 0 Å². The van der Waals surface area contributed by atoms with Crippen LogP contribution in [0, 0.1) is 11.8 Å². The number of nitrogens with one attached hydrogen (secondary N) is 1. The molecule has 6 nitrogen and oxygen atoms in total. The van der Waals surface area contributed by atoms with E-state index in [1.807, 2.05) is 0 Å². The Labute approximate surface area is 122 Å². The highest BCUT2D eigenvalue weighted by Gasteiger charge is 2.18. The van der Waals surface area contributed by atoms with Crippen molar-refractivity contribution in [3.8, 4) is 11.8 Å². The first-order valence-electron chi connectivity index (χ1n) is 6.11. The van der Waals surface area contributed by atoms with Gasteiger partial charge in [-0.15, -0.1) is 0 Å². The fourth-order valence-corrected chi connectivity index (χ4v) is 2.72. The summed E-state index contributed by atoms with van der Waals surface area (Å²) in [6, 6.07) is 6.38. The second-order valence-corrected chi connectivity index (χ2v) is 5.62. The van der Waals surface area contributed by atoms with Gasteiger partial charge in [0, 0.05) is 24.4 Å². The molecule has 0 spiro atoms. The highest BCUT2D eigenvalue weighted by atomic mass is 32.2. The summed E-state index contributed by atoms with van der Waals surface area (Å²) in [6.45, 7) is -0.0697. The molecule has 1 heterocycles. The number of aliphatic hydroxyl groups is 1. The monoisotopic (exact) mass is 303 g/mol. The van der Waals surface area contributed by atoms with Crippen LogP contribution in [0.25, 0.3) is 0 Å². The summed E-state index contributed by atoms with van der Waals surface area (Å²) in [5.41, 5.74) is 0.363.